The number of rotatable bonds is 4. The summed E-state index contributed by atoms with van der Waals surface area (Å²) in [5.74, 6) is -1.33. The number of amides is 1. The van der Waals surface area contributed by atoms with E-state index >= 15 is 0 Å². The number of benzene rings is 1. The van der Waals surface area contributed by atoms with Crippen LogP contribution in [0.3, 0.4) is 0 Å². The molecule has 1 aliphatic rings. The number of primary amides is 1. The molecule has 1 aromatic carbocycles. The monoisotopic (exact) mass is 268 g/mol. The van der Waals surface area contributed by atoms with Gasteiger partial charge in [0, 0.05) is 12.1 Å². The fourth-order valence-electron chi connectivity index (χ4n) is 2.85. The van der Waals surface area contributed by atoms with Crippen molar-refractivity contribution in [2.45, 2.75) is 37.8 Å². The summed E-state index contributed by atoms with van der Waals surface area (Å²) < 4.78 is 26.8. The SMILES string of the molecule is CN(Cc1cc(F)ccc1F)C1(C(N)=O)CCCC1. The zero-order valence-corrected chi connectivity index (χ0v) is 11.0. The van der Waals surface area contributed by atoms with Crippen molar-refractivity contribution in [3.63, 3.8) is 0 Å². The van der Waals surface area contributed by atoms with Crippen molar-refractivity contribution >= 4 is 5.91 Å². The van der Waals surface area contributed by atoms with E-state index in [0.29, 0.717) is 12.8 Å². The summed E-state index contributed by atoms with van der Waals surface area (Å²) in [4.78, 5) is 13.5. The lowest BCUT2D eigenvalue weighted by Gasteiger charge is -2.36. The Balaban J connectivity index is 2.22. The van der Waals surface area contributed by atoms with Crippen LogP contribution in [-0.2, 0) is 11.3 Å². The first-order valence-electron chi connectivity index (χ1n) is 6.41. The number of hydrogen-bond acceptors (Lipinski definition) is 2. The van der Waals surface area contributed by atoms with Crippen LogP contribution in [0.2, 0.25) is 0 Å². The lowest BCUT2D eigenvalue weighted by molar-refractivity contribution is -0.129. The summed E-state index contributed by atoms with van der Waals surface area (Å²) in [6, 6.07) is 3.35. The van der Waals surface area contributed by atoms with Crippen LogP contribution in [0.1, 0.15) is 31.2 Å². The van der Waals surface area contributed by atoms with Gasteiger partial charge >= 0.3 is 0 Å². The predicted molar refractivity (Wildman–Crippen MR) is 68.2 cm³/mol. The molecule has 1 amide bonds. The van der Waals surface area contributed by atoms with E-state index in [1.165, 1.54) is 0 Å². The predicted octanol–water partition coefficient (Wildman–Crippen LogP) is 2.19. The van der Waals surface area contributed by atoms with Crippen molar-refractivity contribution in [1.82, 2.24) is 4.90 Å². The fourth-order valence-corrected chi connectivity index (χ4v) is 2.85. The van der Waals surface area contributed by atoms with Crippen LogP contribution in [0.25, 0.3) is 0 Å². The highest BCUT2D eigenvalue weighted by Gasteiger charge is 2.43. The molecular weight excluding hydrogens is 250 g/mol. The van der Waals surface area contributed by atoms with Crippen molar-refractivity contribution < 1.29 is 13.6 Å². The van der Waals surface area contributed by atoms with E-state index in [9.17, 15) is 13.6 Å². The topological polar surface area (TPSA) is 46.3 Å². The fraction of sp³-hybridized carbons (Fsp3) is 0.500. The second-order valence-corrected chi connectivity index (χ2v) is 5.19. The van der Waals surface area contributed by atoms with Gasteiger partial charge in [0.05, 0.1) is 0 Å². The minimum Gasteiger partial charge on any atom is -0.368 e. The Morgan fingerprint density at radius 1 is 1.37 bits per heavy atom. The number of carbonyl (C=O) groups is 1. The van der Waals surface area contributed by atoms with Gasteiger partial charge in [0.15, 0.2) is 0 Å². The van der Waals surface area contributed by atoms with E-state index in [0.717, 1.165) is 31.0 Å². The molecule has 0 bridgehead atoms. The molecule has 1 aliphatic carbocycles. The smallest absolute Gasteiger partial charge is 0.237 e. The van der Waals surface area contributed by atoms with Crippen LogP contribution in [0.15, 0.2) is 18.2 Å². The number of likely N-dealkylation sites (N-methyl/N-ethyl adjacent to an activating group) is 1. The molecule has 0 unspecified atom stereocenters. The van der Waals surface area contributed by atoms with Crippen molar-refractivity contribution in [2.24, 2.45) is 5.73 Å². The summed E-state index contributed by atoms with van der Waals surface area (Å²) in [5.41, 5.74) is 5.03. The Kier molecular flexibility index (Phi) is 3.85. The van der Waals surface area contributed by atoms with Gasteiger partial charge in [-0.05, 0) is 38.1 Å². The molecule has 0 saturated heterocycles. The Bertz CT molecular complexity index is 484. The van der Waals surface area contributed by atoms with Gasteiger partial charge in [-0.2, -0.15) is 0 Å². The molecular formula is C14H18F2N2O. The summed E-state index contributed by atoms with van der Waals surface area (Å²) in [7, 11) is 1.74. The van der Waals surface area contributed by atoms with Crippen LogP contribution >= 0.6 is 0 Å². The highest BCUT2D eigenvalue weighted by molar-refractivity contribution is 5.85. The minimum absolute atomic E-state index is 0.173. The molecule has 0 aliphatic heterocycles. The highest BCUT2D eigenvalue weighted by atomic mass is 19.1. The molecule has 1 fully saturated rings. The number of hydrogen-bond donors (Lipinski definition) is 1. The third kappa shape index (κ3) is 2.61. The second kappa shape index (κ2) is 5.25. The molecule has 5 heteroatoms. The Labute approximate surface area is 111 Å². The largest absolute Gasteiger partial charge is 0.368 e. The zero-order valence-electron chi connectivity index (χ0n) is 11.0. The van der Waals surface area contributed by atoms with E-state index in [4.69, 9.17) is 5.73 Å². The Morgan fingerprint density at radius 2 is 2.00 bits per heavy atom. The first-order valence-corrected chi connectivity index (χ1v) is 6.41. The third-order valence-corrected chi connectivity index (χ3v) is 4.04. The van der Waals surface area contributed by atoms with Gasteiger partial charge < -0.3 is 5.73 Å². The van der Waals surface area contributed by atoms with E-state index < -0.39 is 17.2 Å². The van der Waals surface area contributed by atoms with Crippen molar-refractivity contribution in [3.8, 4) is 0 Å². The molecule has 2 N–H and O–H groups in total. The number of nitrogens with two attached hydrogens (primary N) is 1. The molecule has 19 heavy (non-hydrogen) atoms. The summed E-state index contributed by atoms with van der Waals surface area (Å²) >= 11 is 0. The van der Waals surface area contributed by atoms with E-state index in [1.54, 1.807) is 11.9 Å². The summed E-state index contributed by atoms with van der Waals surface area (Å²) in [6.07, 6.45) is 3.21. The average molecular weight is 268 g/mol. The van der Waals surface area contributed by atoms with Crippen LogP contribution in [0.4, 0.5) is 8.78 Å². The molecule has 0 spiro atoms. The summed E-state index contributed by atoms with van der Waals surface area (Å²) in [6.45, 7) is 0.173. The highest BCUT2D eigenvalue weighted by Crippen LogP contribution is 2.35. The second-order valence-electron chi connectivity index (χ2n) is 5.19. The van der Waals surface area contributed by atoms with Crippen LogP contribution in [0.5, 0.6) is 0 Å². The molecule has 104 valence electrons. The first-order chi connectivity index (χ1) is 8.95. The molecule has 1 aromatic rings. The maximum Gasteiger partial charge on any atom is 0.237 e. The molecule has 3 nitrogen and oxygen atoms in total. The third-order valence-electron chi connectivity index (χ3n) is 4.04. The maximum absolute atomic E-state index is 13.6. The molecule has 0 heterocycles. The standard InChI is InChI=1S/C14H18F2N2O/c1-18(14(13(17)19)6-2-3-7-14)9-10-8-11(15)4-5-12(10)16/h4-5,8H,2-3,6-7,9H2,1H3,(H2,17,19). The molecule has 0 atom stereocenters. The van der Waals surface area contributed by atoms with Crippen molar-refractivity contribution in [2.75, 3.05) is 7.05 Å². The number of carbonyl (C=O) groups excluding carboxylic acids is 1. The molecule has 2 rings (SSSR count). The minimum atomic E-state index is -0.723. The van der Waals surface area contributed by atoms with Crippen molar-refractivity contribution in [1.29, 1.82) is 0 Å². The van der Waals surface area contributed by atoms with Gasteiger partial charge in [0.2, 0.25) is 5.91 Å². The molecule has 1 saturated carbocycles. The van der Waals surface area contributed by atoms with Crippen molar-refractivity contribution in [3.05, 3.63) is 35.4 Å². The Hall–Kier alpha value is -1.49. The van der Waals surface area contributed by atoms with E-state index in [-0.39, 0.29) is 18.0 Å². The van der Waals surface area contributed by atoms with Gasteiger partial charge in [-0.1, -0.05) is 12.8 Å². The van der Waals surface area contributed by atoms with Crippen LogP contribution in [0, 0.1) is 11.6 Å². The first kappa shape index (κ1) is 13.9. The van der Waals surface area contributed by atoms with Gasteiger partial charge in [-0.25, -0.2) is 8.78 Å². The normalized spacial score (nSPS) is 17.9. The number of nitrogens with zero attached hydrogens (tertiary/aromatic N) is 1. The average Bonchev–Trinajstić information content (AvgIpc) is 2.84. The van der Waals surface area contributed by atoms with Gasteiger partial charge in [0.1, 0.15) is 17.2 Å². The Morgan fingerprint density at radius 3 is 2.58 bits per heavy atom. The maximum atomic E-state index is 13.6. The quantitative estimate of drug-likeness (QED) is 0.910. The van der Waals surface area contributed by atoms with Crippen LogP contribution in [-0.4, -0.2) is 23.4 Å². The van der Waals surface area contributed by atoms with Gasteiger partial charge in [0.25, 0.3) is 0 Å². The zero-order chi connectivity index (χ0) is 14.0. The molecule has 0 radical (unpaired) electrons. The van der Waals surface area contributed by atoms with Gasteiger partial charge in [-0.15, -0.1) is 0 Å². The lowest BCUT2D eigenvalue weighted by atomic mass is 9.94. The van der Waals surface area contributed by atoms with Crippen LogP contribution < -0.4 is 5.73 Å². The summed E-state index contributed by atoms with van der Waals surface area (Å²) in [5, 5.41) is 0. The molecule has 0 aromatic heterocycles. The van der Waals surface area contributed by atoms with Gasteiger partial charge in [-0.3, -0.25) is 9.69 Å². The lowest BCUT2D eigenvalue weighted by Crippen LogP contribution is -2.53. The number of halogens is 2. The van der Waals surface area contributed by atoms with E-state index in [2.05, 4.69) is 0 Å². The van der Waals surface area contributed by atoms with E-state index in [1.807, 2.05) is 0 Å².